The number of carbonyl (C=O) groups excluding carboxylic acids is 1. The number of phenolic OH excluding ortho intramolecular Hbond substituents is 2. The molecule has 8 rings (SSSR count). The zero-order chi connectivity index (χ0) is 45.9. The second-order valence-corrected chi connectivity index (χ2v) is 13.6. The number of benzene rings is 2. The molecule has 6 N–H and O–H groups in total. The number of aromatic nitrogens is 10. The van der Waals surface area contributed by atoms with Gasteiger partial charge >= 0.3 is 6.18 Å². The number of aromatic hydroxyl groups is 2. The Morgan fingerprint density at radius 3 is 1.61 bits per heavy atom. The SMILES string of the molecule is NC(=O)[C@](O)(CNc1nc(-c2cc(-c3ccon3)n(Cc3ccc(O)cc3F)n2)ncc1F)C(F)(F)F.Oc1ccc(Cn2nc(-c3ncc(F)c(Cl)n3)cc2-c2ccon2)c(F)c1. The van der Waals surface area contributed by atoms with Gasteiger partial charge in [0.15, 0.2) is 34.3 Å². The molecule has 6 heterocycles. The summed E-state index contributed by atoms with van der Waals surface area (Å²) in [6, 6.07) is 13.4. The van der Waals surface area contributed by atoms with Gasteiger partial charge in [-0.1, -0.05) is 34.0 Å². The second-order valence-electron chi connectivity index (χ2n) is 13.3. The van der Waals surface area contributed by atoms with Gasteiger partial charge in [0.1, 0.15) is 58.4 Å². The van der Waals surface area contributed by atoms with Gasteiger partial charge in [-0.15, -0.1) is 0 Å². The molecule has 26 heteroatoms. The van der Waals surface area contributed by atoms with Crippen LogP contribution in [0.15, 0.2) is 94.6 Å². The van der Waals surface area contributed by atoms with Crippen LogP contribution in [0.3, 0.4) is 0 Å². The molecular formula is C38H26ClF7N12O6. The Hall–Kier alpha value is -7.93. The fraction of sp³-hybridized carbons (Fsp3) is 0.132. The Morgan fingerprint density at radius 1 is 0.703 bits per heavy atom. The molecule has 1 atom stereocenters. The normalized spacial score (nSPS) is 12.4. The molecule has 6 aromatic heterocycles. The molecule has 1 amide bonds. The van der Waals surface area contributed by atoms with Crippen molar-refractivity contribution < 1.29 is 59.9 Å². The van der Waals surface area contributed by atoms with E-state index in [1.54, 1.807) is 12.1 Å². The summed E-state index contributed by atoms with van der Waals surface area (Å²) in [5.74, 6) is -6.75. The van der Waals surface area contributed by atoms with E-state index in [1.807, 2.05) is 5.32 Å². The lowest BCUT2D eigenvalue weighted by atomic mass is 10.0. The molecule has 64 heavy (non-hydrogen) atoms. The molecule has 0 bridgehead atoms. The lowest BCUT2D eigenvalue weighted by Crippen LogP contribution is -2.59. The van der Waals surface area contributed by atoms with Crippen LogP contribution in [-0.4, -0.2) is 89.4 Å². The summed E-state index contributed by atoms with van der Waals surface area (Å²) < 4.78 is 108. The van der Waals surface area contributed by atoms with Crippen LogP contribution in [0.1, 0.15) is 11.1 Å². The maximum atomic E-state index is 14.3. The minimum Gasteiger partial charge on any atom is -0.508 e. The smallest absolute Gasteiger partial charge is 0.428 e. The van der Waals surface area contributed by atoms with Crippen LogP contribution in [0.4, 0.5) is 36.6 Å². The Labute approximate surface area is 357 Å². The summed E-state index contributed by atoms with van der Waals surface area (Å²) in [5, 5.41) is 46.4. The van der Waals surface area contributed by atoms with Crippen LogP contribution in [0.2, 0.25) is 5.15 Å². The number of hydrogen-bond acceptors (Lipinski definition) is 15. The lowest BCUT2D eigenvalue weighted by Gasteiger charge is -2.27. The van der Waals surface area contributed by atoms with E-state index < -0.39 is 53.3 Å². The van der Waals surface area contributed by atoms with Crippen molar-refractivity contribution in [2.75, 3.05) is 11.9 Å². The molecule has 0 unspecified atom stereocenters. The number of nitrogens with zero attached hydrogens (tertiary/aromatic N) is 10. The summed E-state index contributed by atoms with van der Waals surface area (Å²) in [6.07, 6.45) is -1.22. The monoisotopic (exact) mass is 914 g/mol. The molecule has 2 aromatic carbocycles. The average Bonchev–Trinajstić information content (AvgIpc) is 4.09. The van der Waals surface area contributed by atoms with Crippen molar-refractivity contribution >= 4 is 23.3 Å². The van der Waals surface area contributed by atoms with E-state index in [-0.39, 0.29) is 58.3 Å². The number of aliphatic hydroxyl groups is 1. The highest BCUT2D eigenvalue weighted by Crippen LogP contribution is 2.32. The van der Waals surface area contributed by atoms with Gasteiger partial charge in [0.05, 0.1) is 43.4 Å². The van der Waals surface area contributed by atoms with Crippen LogP contribution >= 0.6 is 11.6 Å². The van der Waals surface area contributed by atoms with Crippen LogP contribution in [0.5, 0.6) is 11.5 Å². The molecule has 18 nitrogen and oxygen atoms in total. The molecule has 8 aromatic rings. The van der Waals surface area contributed by atoms with E-state index in [1.165, 1.54) is 58.3 Å². The second kappa shape index (κ2) is 17.8. The highest BCUT2D eigenvalue weighted by Gasteiger charge is 2.58. The Bertz CT molecular complexity index is 2950. The first kappa shape index (κ1) is 44.1. The number of rotatable bonds is 12. The predicted octanol–water partition coefficient (Wildman–Crippen LogP) is 5.90. The number of alkyl halides is 3. The lowest BCUT2D eigenvalue weighted by molar-refractivity contribution is -0.245. The molecule has 0 aliphatic carbocycles. The highest BCUT2D eigenvalue weighted by molar-refractivity contribution is 6.29. The molecule has 0 radical (unpaired) electrons. The molecule has 0 saturated carbocycles. The number of phenols is 2. The van der Waals surface area contributed by atoms with Crippen molar-refractivity contribution in [2.24, 2.45) is 5.73 Å². The van der Waals surface area contributed by atoms with Gasteiger partial charge in [-0.05, 0) is 24.3 Å². The number of halogens is 8. The largest absolute Gasteiger partial charge is 0.508 e. The first-order valence-corrected chi connectivity index (χ1v) is 18.2. The molecular weight excluding hydrogens is 889 g/mol. The summed E-state index contributed by atoms with van der Waals surface area (Å²) in [7, 11) is 0. The third-order valence-corrected chi connectivity index (χ3v) is 9.23. The summed E-state index contributed by atoms with van der Waals surface area (Å²) >= 11 is 5.71. The van der Waals surface area contributed by atoms with E-state index in [0.29, 0.717) is 34.5 Å². The van der Waals surface area contributed by atoms with Crippen LogP contribution in [0, 0.1) is 23.3 Å². The quantitative estimate of drug-likeness (QED) is 0.0707. The fourth-order valence-electron chi connectivity index (χ4n) is 5.67. The van der Waals surface area contributed by atoms with Crippen LogP contribution in [-0.2, 0) is 17.9 Å². The zero-order valence-corrected chi connectivity index (χ0v) is 32.6. The molecule has 0 fully saturated rings. The zero-order valence-electron chi connectivity index (χ0n) is 31.8. The number of nitrogens with one attached hydrogen (secondary N) is 1. The van der Waals surface area contributed by atoms with E-state index in [9.17, 15) is 50.8 Å². The maximum absolute atomic E-state index is 14.3. The van der Waals surface area contributed by atoms with Gasteiger partial charge in [-0.3, -0.25) is 14.2 Å². The molecule has 0 aliphatic rings. The number of nitrogens with two attached hydrogens (primary N) is 1. The van der Waals surface area contributed by atoms with Gasteiger partial charge in [0.2, 0.25) is 0 Å². The maximum Gasteiger partial charge on any atom is 0.428 e. The van der Waals surface area contributed by atoms with Gasteiger partial charge in [-0.25, -0.2) is 37.5 Å². The first-order valence-electron chi connectivity index (χ1n) is 17.9. The Morgan fingerprint density at radius 2 is 1.19 bits per heavy atom. The number of anilines is 1. The molecule has 330 valence electrons. The van der Waals surface area contributed by atoms with Gasteiger partial charge in [0, 0.05) is 35.4 Å². The van der Waals surface area contributed by atoms with Crippen molar-refractivity contribution in [2.45, 2.75) is 24.9 Å². The third kappa shape index (κ3) is 9.43. The third-order valence-electron chi connectivity index (χ3n) is 8.97. The number of hydrogen-bond donors (Lipinski definition) is 5. The first-order chi connectivity index (χ1) is 30.4. The fourth-order valence-corrected chi connectivity index (χ4v) is 5.80. The number of carbonyl (C=O) groups is 1. The average molecular weight is 915 g/mol. The van der Waals surface area contributed by atoms with Gasteiger partial charge < -0.3 is 35.4 Å². The number of amides is 1. The van der Waals surface area contributed by atoms with Crippen molar-refractivity contribution in [3.63, 3.8) is 0 Å². The summed E-state index contributed by atoms with van der Waals surface area (Å²) in [5.41, 5.74) is 2.94. The van der Waals surface area contributed by atoms with E-state index >= 15 is 0 Å². The standard InChI is InChI=1S/C21H16F5N7O4.C17H10ClF2N5O2/c22-12-5-11(34)2-1-10(12)8-33-16(14-3-4-37-32-14)6-15(31-33)18-28-7-13(23)17(30-18)29-9-20(36,19(27)35)21(24,25)26;18-16-12(20)7-21-17(22-16)14-6-15(13-3-4-27-24-13)25(23-14)8-9-1-2-10(26)5-11(9)19/h1-7,34,36H,8-9H2,(H2,27,35)(H,28,29,30);1-7,26H,8H2/t20-;/m1./s1. The van der Waals surface area contributed by atoms with Gasteiger partial charge in [-0.2, -0.15) is 23.4 Å². The van der Waals surface area contributed by atoms with E-state index in [2.05, 4.69) is 46.2 Å². The molecule has 0 aliphatic heterocycles. The minimum atomic E-state index is -5.45. The Kier molecular flexibility index (Phi) is 12.3. The summed E-state index contributed by atoms with van der Waals surface area (Å²) in [4.78, 5) is 26.6. The van der Waals surface area contributed by atoms with Crippen LogP contribution < -0.4 is 11.1 Å². The van der Waals surface area contributed by atoms with Gasteiger partial charge in [0.25, 0.3) is 11.5 Å². The Balaban J connectivity index is 0.000000201. The van der Waals surface area contributed by atoms with Crippen molar-refractivity contribution in [3.8, 4) is 57.3 Å². The van der Waals surface area contributed by atoms with E-state index in [0.717, 1.165) is 18.3 Å². The summed E-state index contributed by atoms with van der Waals surface area (Å²) in [6.45, 7) is -1.64. The topological polar surface area (TPSA) is 255 Å². The minimum absolute atomic E-state index is 0.0128. The van der Waals surface area contributed by atoms with E-state index in [4.69, 9.17) is 20.6 Å². The number of primary amides is 1. The molecule has 0 spiro atoms. The predicted molar refractivity (Wildman–Crippen MR) is 205 cm³/mol. The van der Waals surface area contributed by atoms with Crippen LogP contribution in [0.25, 0.3) is 45.8 Å². The molecule has 0 saturated heterocycles. The highest BCUT2D eigenvalue weighted by atomic mass is 35.5. The van der Waals surface area contributed by atoms with Crippen molar-refractivity contribution in [1.29, 1.82) is 0 Å². The van der Waals surface area contributed by atoms with Crippen molar-refractivity contribution in [1.82, 2.24) is 49.8 Å². The van der Waals surface area contributed by atoms with Crippen molar-refractivity contribution in [3.05, 3.63) is 125 Å².